The van der Waals surface area contributed by atoms with Gasteiger partial charge in [-0.3, -0.25) is 9.59 Å². The van der Waals surface area contributed by atoms with Crippen molar-refractivity contribution < 1.29 is 14.3 Å². The average molecular weight is 282 g/mol. The van der Waals surface area contributed by atoms with E-state index < -0.39 is 0 Å². The van der Waals surface area contributed by atoms with Gasteiger partial charge in [-0.2, -0.15) is 0 Å². The molecular formula is C15H26N2O3. The summed E-state index contributed by atoms with van der Waals surface area (Å²) in [5.41, 5.74) is 0. The number of carbonyl (C=O) groups is 2. The van der Waals surface area contributed by atoms with Crippen LogP contribution < -0.4 is 5.32 Å². The number of methoxy groups -OCH3 is 1. The van der Waals surface area contributed by atoms with Crippen molar-refractivity contribution in [2.24, 2.45) is 11.8 Å². The first-order valence-electron chi connectivity index (χ1n) is 7.57. The van der Waals surface area contributed by atoms with Gasteiger partial charge in [-0.15, -0.1) is 0 Å². The highest BCUT2D eigenvalue weighted by atomic mass is 16.5. The first-order chi connectivity index (χ1) is 9.45. The van der Waals surface area contributed by atoms with E-state index in [1.165, 1.54) is 0 Å². The Hall–Kier alpha value is -1.10. The zero-order valence-corrected chi connectivity index (χ0v) is 12.9. The molecule has 0 aromatic carbocycles. The zero-order chi connectivity index (χ0) is 14.9. The molecule has 0 bridgehead atoms. The van der Waals surface area contributed by atoms with Gasteiger partial charge >= 0.3 is 0 Å². The molecule has 5 heteroatoms. The Balaban J connectivity index is 2.20. The zero-order valence-electron chi connectivity index (χ0n) is 12.9. The maximum atomic E-state index is 12.7. The number of amides is 2. The largest absolute Gasteiger partial charge is 0.383 e. The van der Waals surface area contributed by atoms with Crippen molar-refractivity contribution >= 4 is 11.8 Å². The summed E-state index contributed by atoms with van der Waals surface area (Å²) in [5, 5.41) is 2.94. The number of ether oxygens (including phenoxy) is 1. The van der Waals surface area contributed by atoms with Crippen molar-refractivity contribution in [1.82, 2.24) is 10.2 Å². The fraction of sp³-hybridized carbons (Fsp3) is 0.867. The molecule has 1 aliphatic heterocycles. The van der Waals surface area contributed by atoms with E-state index in [1.807, 2.05) is 6.92 Å². The fourth-order valence-electron chi connectivity index (χ4n) is 3.01. The van der Waals surface area contributed by atoms with Crippen LogP contribution in [0.1, 0.15) is 40.0 Å². The lowest BCUT2D eigenvalue weighted by molar-refractivity contribution is -0.154. The van der Waals surface area contributed by atoms with E-state index >= 15 is 0 Å². The minimum atomic E-state index is -0.359. The van der Waals surface area contributed by atoms with Gasteiger partial charge in [0.25, 0.3) is 0 Å². The van der Waals surface area contributed by atoms with E-state index in [4.69, 9.17) is 4.74 Å². The molecule has 1 heterocycles. The summed E-state index contributed by atoms with van der Waals surface area (Å²) in [6, 6.07) is -0.739. The van der Waals surface area contributed by atoms with Crippen LogP contribution in [0.2, 0.25) is 0 Å². The van der Waals surface area contributed by atoms with Crippen LogP contribution in [0.25, 0.3) is 0 Å². The Morgan fingerprint density at radius 2 is 1.95 bits per heavy atom. The van der Waals surface area contributed by atoms with Crippen LogP contribution in [0.15, 0.2) is 0 Å². The number of hydrogen-bond acceptors (Lipinski definition) is 3. The van der Waals surface area contributed by atoms with E-state index in [0.29, 0.717) is 24.9 Å². The smallest absolute Gasteiger partial charge is 0.246 e. The Morgan fingerprint density at radius 1 is 1.30 bits per heavy atom. The Labute approximate surface area is 121 Å². The maximum Gasteiger partial charge on any atom is 0.246 e. The third-order valence-electron chi connectivity index (χ3n) is 4.13. The molecule has 0 aromatic rings. The lowest BCUT2D eigenvalue weighted by Gasteiger charge is -2.43. The van der Waals surface area contributed by atoms with Crippen LogP contribution in [0.4, 0.5) is 0 Å². The highest BCUT2D eigenvalue weighted by Gasteiger charge is 2.48. The number of rotatable bonds is 6. The summed E-state index contributed by atoms with van der Waals surface area (Å²) in [7, 11) is 1.63. The Morgan fingerprint density at radius 3 is 2.45 bits per heavy atom. The van der Waals surface area contributed by atoms with Crippen molar-refractivity contribution in [3.8, 4) is 0 Å². The van der Waals surface area contributed by atoms with Crippen LogP contribution in [0, 0.1) is 11.8 Å². The molecule has 0 aromatic heterocycles. The van der Waals surface area contributed by atoms with Gasteiger partial charge in [-0.05, 0) is 38.0 Å². The molecule has 1 saturated carbocycles. The SMILES string of the molecule is COCC(C)N1C(=O)C(C2CC2)NC(=O)C1CC(C)C. The van der Waals surface area contributed by atoms with Gasteiger partial charge in [0.15, 0.2) is 0 Å². The normalized spacial score (nSPS) is 28.8. The van der Waals surface area contributed by atoms with Gasteiger partial charge in [0, 0.05) is 7.11 Å². The molecule has 20 heavy (non-hydrogen) atoms. The van der Waals surface area contributed by atoms with Crippen molar-refractivity contribution in [3.63, 3.8) is 0 Å². The van der Waals surface area contributed by atoms with E-state index in [-0.39, 0.29) is 29.9 Å². The van der Waals surface area contributed by atoms with E-state index in [1.54, 1.807) is 12.0 Å². The summed E-state index contributed by atoms with van der Waals surface area (Å²) in [6.45, 7) is 6.57. The van der Waals surface area contributed by atoms with Gasteiger partial charge in [-0.25, -0.2) is 0 Å². The molecule has 2 rings (SSSR count). The lowest BCUT2D eigenvalue weighted by Crippen LogP contribution is -2.66. The lowest BCUT2D eigenvalue weighted by atomic mass is 9.95. The number of carbonyl (C=O) groups excluding carboxylic acids is 2. The van der Waals surface area contributed by atoms with Gasteiger partial charge in [0.05, 0.1) is 12.6 Å². The van der Waals surface area contributed by atoms with Crippen LogP contribution in [0.5, 0.6) is 0 Å². The number of hydrogen-bond donors (Lipinski definition) is 1. The van der Waals surface area contributed by atoms with Crippen molar-refractivity contribution in [1.29, 1.82) is 0 Å². The predicted octanol–water partition coefficient (Wildman–Crippen LogP) is 1.17. The summed E-state index contributed by atoms with van der Waals surface area (Å²) >= 11 is 0. The fourth-order valence-corrected chi connectivity index (χ4v) is 3.01. The second-order valence-electron chi connectivity index (χ2n) is 6.52. The van der Waals surface area contributed by atoms with E-state index in [2.05, 4.69) is 19.2 Å². The van der Waals surface area contributed by atoms with Crippen molar-refractivity contribution in [2.75, 3.05) is 13.7 Å². The molecule has 1 saturated heterocycles. The standard InChI is InChI=1S/C15H26N2O3/c1-9(2)7-12-14(18)16-13(11-5-6-11)15(19)17(12)10(3)8-20-4/h9-13H,5-8H2,1-4H3,(H,16,18). The molecule has 0 spiro atoms. The highest BCUT2D eigenvalue weighted by molar-refractivity contribution is 5.97. The Kier molecular flexibility index (Phi) is 4.68. The number of piperazine rings is 1. The molecule has 1 N–H and O–H groups in total. The topological polar surface area (TPSA) is 58.6 Å². The molecule has 2 amide bonds. The van der Waals surface area contributed by atoms with Crippen LogP contribution in [0.3, 0.4) is 0 Å². The van der Waals surface area contributed by atoms with Crippen LogP contribution >= 0.6 is 0 Å². The summed E-state index contributed by atoms with van der Waals surface area (Å²) in [5.74, 6) is 0.775. The first-order valence-corrected chi connectivity index (χ1v) is 7.57. The molecule has 2 aliphatic rings. The van der Waals surface area contributed by atoms with E-state index in [0.717, 1.165) is 12.8 Å². The number of nitrogens with zero attached hydrogens (tertiary/aromatic N) is 1. The summed E-state index contributed by atoms with van der Waals surface area (Å²) in [6.07, 6.45) is 2.78. The van der Waals surface area contributed by atoms with Crippen LogP contribution in [-0.2, 0) is 14.3 Å². The van der Waals surface area contributed by atoms with Gasteiger partial charge < -0.3 is 15.0 Å². The summed E-state index contributed by atoms with van der Waals surface area (Å²) < 4.78 is 5.18. The molecular weight excluding hydrogens is 256 g/mol. The Bertz CT molecular complexity index is 379. The first kappa shape index (κ1) is 15.3. The molecule has 3 unspecified atom stereocenters. The summed E-state index contributed by atoms with van der Waals surface area (Å²) in [4.78, 5) is 26.9. The third kappa shape index (κ3) is 3.14. The van der Waals surface area contributed by atoms with Crippen LogP contribution in [-0.4, -0.2) is 48.6 Å². The minimum Gasteiger partial charge on any atom is -0.383 e. The average Bonchev–Trinajstić information content (AvgIpc) is 3.17. The third-order valence-corrected chi connectivity index (χ3v) is 4.13. The minimum absolute atomic E-state index is 0.00171. The van der Waals surface area contributed by atoms with Gasteiger partial charge in [-0.1, -0.05) is 13.8 Å². The van der Waals surface area contributed by atoms with Gasteiger partial charge in [0.2, 0.25) is 11.8 Å². The highest BCUT2D eigenvalue weighted by Crippen LogP contribution is 2.36. The molecule has 114 valence electrons. The molecule has 3 atom stereocenters. The second kappa shape index (κ2) is 6.12. The second-order valence-corrected chi connectivity index (χ2v) is 6.52. The van der Waals surface area contributed by atoms with Crippen molar-refractivity contribution in [3.05, 3.63) is 0 Å². The van der Waals surface area contributed by atoms with Crippen molar-refractivity contribution in [2.45, 2.75) is 58.2 Å². The quantitative estimate of drug-likeness (QED) is 0.795. The molecule has 1 aliphatic carbocycles. The monoisotopic (exact) mass is 282 g/mol. The number of nitrogens with one attached hydrogen (secondary N) is 1. The predicted molar refractivity (Wildman–Crippen MR) is 76.1 cm³/mol. The maximum absolute atomic E-state index is 12.7. The molecule has 2 fully saturated rings. The van der Waals surface area contributed by atoms with Gasteiger partial charge in [0.1, 0.15) is 12.1 Å². The van der Waals surface area contributed by atoms with E-state index in [9.17, 15) is 9.59 Å². The molecule has 5 nitrogen and oxygen atoms in total. The molecule has 0 radical (unpaired) electrons.